The zero-order chi connectivity index (χ0) is 20.0. The predicted octanol–water partition coefficient (Wildman–Crippen LogP) is 2.62. The van der Waals surface area contributed by atoms with Crippen LogP contribution in [-0.2, 0) is 9.59 Å². The first-order valence-corrected chi connectivity index (χ1v) is 9.28. The molecule has 2 fully saturated rings. The highest BCUT2D eigenvalue weighted by Crippen LogP contribution is 2.29. The normalized spacial score (nSPS) is 17.8. The molecule has 2 aliphatic rings. The standard InChI is InChI=1S/C20H17FN6O2/c21-13-1-3-14(4-2-13)23-16-9-17(24-15-5-6-15)27-19(25-16)12(10-22-27)7-11-8-18(28)26-20(11)29/h1-4,7,9-10,15,24H,5-6,8H2,(H,23,25)(H,26,28,29)/b11-7+. The summed E-state index contributed by atoms with van der Waals surface area (Å²) in [5.41, 5.74) is 2.24. The van der Waals surface area contributed by atoms with E-state index in [1.54, 1.807) is 28.9 Å². The largest absolute Gasteiger partial charge is 0.367 e. The number of rotatable bonds is 5. The third-order valence-electron chi connectivity index (χ3n) is 4.77. The minimum Gasteiger partial charge on any atom is -0.367 e. The highest BCUT2D eigenvalue weighted by Gasteiger charge is 2.25. The summed E-state index contributed by atoms with van der Waals surface area (Å²) in [7, 11) is 0. The zero-order valence-electron chi connectivity index (χ0n) is 15.3. The number of carbonyl (C=O) groups excluding carboxylic acids is 2. The van der Waals surface area contributed by atoms with E-state index >= 15 is 0 Å². The molecule has 1 saturated carbocycles. The topological polar surface area (TPSA) is 100 Å². The van der Waals surface area contributed by atoms with Gasteiger partial charge in [0, 0.05) is 28.9 Å². The summed E-state index contributed by atoms with van der Waals surface area (Å²) >= 11 is 0. The van der Waals surface area contributed by atoms with Gasteiger partial charge in [-0.15, -0.1) is 0 Å². The number of nitrogens with one attached hydrogen (secondary N) is 3. The fourth-order valence-corrected chi connectivity index (χ4v) is 3.18. The Balaban J connectivity index is 1.56. The molecule has 0 bridgehead atoms. The molecule has 3 aromatic rings. The Bertz CT molecular complexity index is 1160. The second-order valence-electron chi connectivity index (χ2n) is 7.14. The lowest BCUT2D eigenvalue weighted by molar-refractivity contribution is -0.124. The number of aromatic nitrogens is 3. The number of fused-ring (bicyclic) bond motifs is 1. The van der Waals surface area contributed by atoms with Gasteiger partial charge in [0.2, 0.25) is 5.91 Å². The van der Waals surface area contributed by atoms with Crippen LogP contribution in [0.25, 0.3) is 11.7 Å². The van der Waals surface area contributed by atoms with Crippen LogP contribution in [0.4, 0.5) is 21.7 Å². The summed E-state index contributed by atoms with van der Waals surface area (Å²) in [5, 5.41) is 13.3. The number of amides is 2. The summed E-state index contributed by atoms with van der Waals surface area (Å²) in [6.07, 6.45) is 5.47. The smallest absolute Gasteiger partial charge is 0.254 e. The van der Waals surface area contributed by atoms with Gasteiger partial charge in [-0.1, -0.05) is 0 Å². The van der Waals surface area contributed by atoms with E-state index in [2.05, 4.69) is 26.0 Å². The molecular formula is C20H17FN6O2. The molecule has 0 atom stereocenters. The summed E-state index contributed by atoms with van der Waals surface area (Å²) < 4.78 is 14.9. The molecule has 0 radical (unpaired) electrons. The molecule has 0 unspecified atom stereocenters. The molecular weight excluding hydrogens is 375 g/mol. The van der Waals surface area contributed by atoms with E-state index in [9.17, 15) is 14.0 Å². The van der Waals surface area contributed by atoms with Crippen LogP contribution < -0.4 is 16.0 Å². The van der Waals surface area contributed by atoms with Gasteiger partial charge in [0.25, 0.3) is 5.91 Å². The highest BCUT2D eigenvalue weighted by atomic mass is 19.1. The Morgan fingerprint density at radius 3 is 2.69 bits per heavy atom. The summed E-state index contributed by atoms with van der Waals surface area (Å²) in [6, 6.07) is 8.22. The average molecular weight is 392 g/mol. The lowest BCUT2D eigenvalue weighted by Gasteiger charge is -2.11. The van der Waals surface area contributed by atoms with Crippen molar-refractivity contribution in [3.05, 3.63) is 53.5 Å². The van der Waals surface area contributed by atoms with E-state index < -0.39 is 5.91 Å². The first kappa shape index (κ1) is 17.4. The van der Waals surface area contributed by atoms with Crippen molar-refractivity contribution in [3.63, 3.8) is 0 Å². The zero-order valence-corrected chi connectivity index (χ0v) is 15.3. The Morgan fingerprint density at radius 2 is 2.00 bits per heavy atom. The number of halogens is 1. The number of benzene rings is 1. The number of hydrogen-bond acceptors (Lipinski definition) is 6. The first-order valence-electron chi connectivity index (χ1n) is 9.28. The highest BCUT2D eigenvalue weighted by molar-refractivity contribution is 6.15. The molecule has 1 saturated heterocycles. The second kappa shape index (κ2) is 6.69. The van der Waals surface area contributed by atoms with Crippen molar-refractivity contribution in [2.45, 2.75) is 25.3 Å². The molecule has 5 rings (SSSR count). The summed E-state index contributed by atoms with van der Waals surface area (Å²) in [4.78, 5) is 28.0. The molecule has 1 aliphatic carbocycles. The minimum absolute atomic E-state index is 0.0386. The average Bonchev–Trinajstić information content (AvgIpc) is 3.33. The van der Waals surface area contributed by atoms with Crippen LogP contribution in [0.1, 0.15) is 24.8 Å². The van der Waals surface area contributed by atoms with Gasteiger partial charge in [-0.2, -0.15) is 9.61 Å². The molecule has 8 nitrogen and oxygen atoms in total. The van der Waals surface area contributed by atoms with Crippen LogP contribution >= 0.6 is 0 Å². The molecule has 2 aromatic heterocycles. The quantitative estimate of drug-likeness (QED) is 0.456. The van der Waals surface area contributed by atoms with Gasteiger partial charge in [0.15, 0.2) is 5.65 Å². The lowest BCUT2D eigenvalue weighted by atomic mass is 10.1. The maximum Gasteiger partial charge on any atom is 0.254 e. The van der Waals surface area contributed by atoms with Crippen LogP contribution in [0.2, 0.25) is 0 Å². The first-order chi connectivity index (χ1) is 14.0. The molecule has 2 amide bonds. The second-order valence-corrected chi connectivity index (χ2v) is 7.14. The Morgan fingerprint density at radius 1 is 1.21 bits per heavy atom. The van der Waals surface area contributed by atoms with Crippen molar-refractivity contribution in [3.8, 4) is 0 Å². The van der Waals surface area contributed by atoms with E-state index in [-0.39, 0.29) is 18.1 Å². The Kier molecular flexibility index (Phi) is 4.01. The van der Waals surface area contributed by atoms with Crippen molar-refractivity contribution in [1.82, 2.24) is 19.9 Å². The van der Waals surface area contributed by atoms with Crippen molar-refractivity contribution in [2.75, 3.05) is 10.6 Å². The van der Waals surface area contributed by atoms with E-state index in [4.69, 9.17) is 0 Å². The van der Waals surface area contributed by atoms with Gasteiger partial charge >= 0.3 is 0 Å². The summed E-state index contributed by atoms with van der Waals surface area (Å²) in [5.74, 6) is 0.286. The summed E-state index contributed by atoms with van der Waals surface area (Å²) in [6.45, 7) is 0. The van der Waals surface area contributed by atoms with Gasteiger partial charge in [0.05, 0.1) is 12.6 Å². The van der Waals surface area contributed by atoms with Crippen LogP contribution in [0.3, 0.4) is 0 Å². The van der Waals surface area contributed by atoms with E-state index in [0.717, 1.165) is 18.7 Å². The number of carbonyl (C=O) groups is 2. The maximum absolute atomic E-state index is 13.2. The monoisotopic (exact) mass is 392 g/mol. The molecule has 9 heteroatoms. The molecule has 29 heavy (non-hydrogen) atoms. The SMILES string of the molecule is O=C1C/C(=C\c2cnn3c(NC4CC4)cc(Nc4ccc(F)cc4)nc23)C(=O)N1. The number of imide groups is 1. The van der Waals surface area contributed by atoms with Gasteiger partial charge in [0.1, 0.15) is 17.5 Å². The maximum atomic E-state index is 13.2. The van der Waals surface area contributed by atoms with Gasteiger partial charge in [-0.3, -0.25) is 14.9 Å². The minimum atomic E-state index is -0.397. The molecule has 146 valence electrons. The third kappa shape index (κ3) is 3.54. The number of nitrogens with zero attached hydrogens (tertiary/aromatic N) is 3. The predicted molar refractivity (Wildman–Crippen MR) is 105 cm³/mol. The van der Waals surface area contributed by atoms with Gasteiger partial charge in [-0.25, -0.2) is 9.37 Å². The van der Waals surface area contributed by atoms with Crippen molar-refractivity contribution >= 4 is 40.9 Å². The van der Waals surface area contributed by atoms with E-state index in [1.807, 2.05) is 6.07 Å². The van der Waals surface area contributed by atoms with E-state index in [0.29, 0.717) is 34.3 Å². The molecule has 3 heterocycles. The Labute approximate surface area is 164 Å². The van der Waals surface area contributed by atoms with Crippen LogP contribution in [-0.4, -0.2) is 32.5 Å². The molecule has 3 N–H and O–H groups in total. The number of hydrogen-bond donors (Lipinski definition) is 3. The van der Waals surface area contributed by atoms with E-state index in [1.165, 1.54) is 12.1 Å². The van der Waals surface area contributed by atoms with Crippen molar-refractivity contribution < 1.29 is 14.0 Å². The van der Waals surface area contributed by atoms with Crippen LogP contribution in [0, 0.1) is 5.82 Å². The molecule has 1 aromatic carbocycles. The van der Waals surface area contributed by atoms with Crippen LogP contribution in [0.15, 0.2) is 42.1 Å². The van der Waals surface area contributed by atoms with Gasteiger partial charge < -0.3 is 10.6 Å². The number of anilines is 3. The third-order valence-corrected chi connectivity index (χ3v) is 4.77. The fraction of sp³-hybridized carbons (Fsp3) is 0.200. The molecule has 0 spiro atoms. The van der Waals surface area contributed by atoms with Crippen molar-refractivity contribution in [1.29, 1.82) is 0 Å². The lowest BCUT2D eigenvalue weighted by Crippen LogP contribution is -2.19. The van der Waals surface area contributed by atoms with Crippen molar-refractivity contribution in [2.24, 2.45) is 0 Å². The fourth-order valence-electron chi connectivity index (χ4n) is 3.18. The Hall–Kier alpha value is -3.75. The molecule has 1 aliphatic heterocycles. The van der Waals surface area contributed by atoms with Crippen LogP contribution in [0.5, 0.6) is 0 Å². The van der Waals surface area contributed by atoms with Gasteiger partial charge in [-0.05, 0) is 43.2 Å².